The van der Waals surface area contributed by atoms with Gasteiger partial charge >= 0.3 is 11.8 Å². The highest BCUT2D eigenvalue weighted by Gasteiger charge is 2.50. The van der Waals surface area contributed by atoms with Crippen LogP contribution >= 0.6 is 0 Å². The quantitative estimate of drug-likeness (QED) is 0.0498. The molecule has 0 saturated heterocycles. The van der Waals surface area contributed by atoms with Gasteiger partial charge in [-0.05, 0) is 50.2 Å². The first-order chi connectivity index (χ1) is 30.3. The van der Waals surface area contributed by atoms with E-state index in [-0.39, 0.29) is 66.1 Å². The van der Waals surface area contributed by atoms with Crippen LogP contribution in [0.3, 0.4) is 0 Å². The number of nitrogens with zero attached hydrogens (tertiary/aromatic N) is 1. The summed E-state index contributed by atoms with van der Waals surface area (Å²) in [5, 5.41) is 37.3. The summed E-state index contributed by atoms with van der Waals surface area (Å²) in [6.45, 7) is 23.0. The van der Waals surface area contributed by atoms with Crippen LogP contribution in [-0.2, 0) is 23.8 Å². The number of Topliss-reactive ketones (excluding diaryl/α,β-unsaturated/α-hetero) is 1. The number of aliphatic hydroxyl groups is 2. The van der Waals surface area contributed by atoms with Gasteiger partial charge in [-0.25, -0.2) is 4.98 Å². The number of carbonyl (C=O) groups excluding carboxylic acids is 3. The van der Waals surface area contributed by atoms with Gasteiger partial charge in [0.15, 0.2) is 22.3 Å². The van der Waals surface area contributed by atoms with E-state index in [1.807, 2.05) is 0 Å². The summed E-state index contributed by atoms with van der Waals surface area (Å²) in [7, 11) is -1.03. The molecule has 0 fully saturated rings. The number of fused-ring (bicyclic) bond motifs is 2. The van der Waals surface area contributed by atoms with E-state index < -0.39 is 91.0 Å². The summed E-state index contributed by atoms with van der Waals surface area (Å²) in [4.78, 5) is 60.8. The van der Waals surface area contributed by atoms with Gasteiger partial charge < -0.3 is 48.4 Å². The van der Waals surface area contributed by atoms with Crippen molar-refractivity contribution in [3.63, 3.8) is 0 Å². The summed E-state index contributed by atoms with van der Waals surface area (Å²) < 4.78 is 37.2. The Kier molecular flexibility index (Phi) is 13.6. The van der Waals surface area contributed by atoms with Crippen molar-refractivity contribution >= 4 is 64.6 Å². The zero-order chi connectivity index (χ0) is 48.2. The second-order valence-electron chi connectivity index (χ2n) is 19.2. The van der Waals surface area contributed by atoms with Crippen molar-refractivity contribution in [2.24, 2.45) is 23.7 Å². The van der Waals surface area contributed by atoms with Crippen LogP contribution in [-0.4, -0.2) is 83.6 Å². The summed E-state index contributed by atoms with van der Waals surface area (Å²) >= 11 is 0. The predicted octanol–water partition coefficient (Wildman–Crippen LogP) is 8.38. The van der Waals surface area contributed by atoms with Crippen molar-refractivity contribution in [1.82, 2.24) is 4.98 Å². The number of amides is 1. The van der Waals surface area contributed by atoms with E-state index in [1.54, 1.807) is 65.0 Å². The molecule has 2 aliphatic heterocycles. The number of nitrogens with one attached hydrogen (secondary N) is 1. The van der Waals surface area contributed by atoms with Crippen LogP contribution in [0.2, 0.25) is 18.1 Å². The molecule has 9 atom stereocenters. The van der Waals surface area contributed by atoms with Crippen LogP contribution in [0.1, 0.15) is 85.2 Å². The molecule has 15 nitrogen and oxygen atoms in total. The fourth-order valence-corrected chi connectivity index (χ4v) is 9.33. The van der Waals surface area contributed by atoms with E-state index in [2.05, 4.69) is 39.2 Å². The molecule has 1 aromatic heterocycles. The lowest BCUT2D eigenvalue weighted by Crippen LogP contribution is -2.46. The fraction of sp³-hybridized carbons (Fsp3) is 0.490. The smallest absolute Gasteiger partial charge is 0.312 e. The van der Waals surface area contributed by atoms with Gasteiger partial charge in [-0.2, -0.15) is 0 Å². The highest BCUT2D eigenvalue weighted by Crippen LogP contribution is 2.49. The molecule has 1 amide bonds. The lowest BCUT2D eigenvalue weighted by molar-refractivity contribution is -0.160. The monoisotopic (exact) mass is 914 g/mol. The van der Waals surface area contributed by atoms with Crippen molar-refractivity contribution in [2.45, 2.75) is 124 Å². The summed E-state index contributed by atoms with van der Waals surface area (Å²) in [6, 6.07) is 5.15. The summed E-state index contributed by atoms with van der Waals surface area (Å²) in [5.74, 6) is -6.89. The lowest BCUT2D eigenvalue weighted by atomic mass is 9.78. The molecule has 3 heterocycles. The van der Waals surface area contributed by atoms with Crippen LogP contribution in [0.4, 0.5) is 5.69 Å². The average molecular weight is 915 g/mol. The molecule has 4 aromatic rings. The minimum Gasteiger partial charge on any atom is -0.542 e. The van der Waals surface area contributed by atoms with Crippen molar-refractivity contribution < 1.29 is 57.5 Å². The van der Waals surface area contributed by atoms with Gasteiger partial charge in [0.05, 0.1) is 35.5 Å². The van der Waals surface area contributed by atoms with Crippen molar-refractivity contribution in [1.29, 1.82) is 0 Å². The summed E-state index contributed by atoms with van der Waals surface area (Å²) in [5.41, 5.74) is -0.561. The van der Waals surface area contributed by atoms with E-state index in [0.29, 0.717) is 5.75 Å². The van der Waals surface area contributed by atoms with Crippen molar-refractivity contribution in [2.75, 3.05) is 12.4 Å². The zero-order valence-corrected chi connectivity index (χ0v) is 40.6. The highest BCUT2D eigenvalue weighted by atomic mass is 28.4. The standard InChI is InChI=1S/C49H62N2O13Si/c1-23-17-15-18-24(2)47(58)51-38-42(56)34-33(37-45(38)62-31-19-16-20-32(36(31)50-37)64-65(13,14)48(8,9)10)35-44(28(6)41(34)55)63-49(11,46(35)57)60-22-21-30(59-12)25(3)43(61-29(7)52)27(5)40(54)26(4)39(23)53/h15-23,25-27,30,39-40,43,53-54,56H,1-14H3,(H,51,58)/b17-15+,22-21-,24-18+/t23-,25+,26+,27+,30-,39-,40+,43+,49-/m0/s1. The number of aliphatic hydroxyl groups excluding tert-OH is 2. The number of hydrogen-bond acceptors (Lipinski definition) is 14. The lowest BCUT2D eigenvalue weighted by Gasteiger charge is -2.38. The first kappa shape index (κ1) is 48.9. The first-order valence-electron chi connectivity index (χ1n) is 21.8. The average Bonchev–Trinajstić information content (AvgIpc) is 3.50. The molecule has 0 radical (unpaired) electrons. The van der Waals surface area contributed by atoms with Gasteiger partial charge in [0.1, 0.15) is 34.3 Å². The highest BCUT2D eigenvalue weighted by molar-refractivity contribution is 6.74. The Labute approximate surface area is 379 Å². The van der Waals surface area contributed by atoms with Crippen LogP contribution in [0.15, 0.2) is 63.6 Å². The molecule has 3 aromatic carbocycles. The topological polar surface area (TPSA) is 213 Å². The normalized spacial score (nSPS) is 29.0. The number of methoxy groups -OCH3 is 1. The van der Waals surface area contributed by atoms with Crippen LogP contribution in [0.5, 0.6) is 17.2 Å². The second kappa shape index (κ2) is 18.0. The van der Waals surface area contributed by atoms with E-state index in [1.165, 1.54) is 46.3 Å². The van der Waals surface area contributed by atoms with E-state index in [9.17, 15) is 34.5 Å². The molecule has 4 N–H and O–H groups in total. The first-order valence-corrected chi connectivity index (χ1v) is 24.8. The number of allylic oxidation sites excluding steroid dienone is 2. The molecule has 350 valence electrons. The number of para-hydroxylation sites is 1. The maximum absolute atomic E-state index is 14.9. The number of rotatable bonds is 4. The Hall–Kier alpha value is -5.55. The van der Waals surface area contributed by atoms with Gasteiger partial charge in [-0.15, -0.1) is 0 Å². The number of aromatic nitrogens is 1. The molecule has 2 aliphatic rings. The van der Waals surface area contributed by atoms with Crippen LogP contribution in [0, 0.1) is 30.6 Å². The molecular weight excluding hydrogens is 853 g/mol. The number of carbonyl (C=O) groups is 3. The SMILES string of the molecule is CO[C@H]1/C=C\O[C@@]2(C)Oc3c(C)c(=O)c4c(O)c(c5oc6cccc(O[Si](C)(C)C(C)(C)C)c6nc5c4c3C2=O)NC(=O)/C(C)=C/C=C/[C@H](C)[C@H](O)[C@@H](C)[C@@H](O)[C@@H](C)[C@H](OC(C)=O)[C@@H]1C. The van der Waals surface area contributed by atoms with E-state index >= 15 is 0 Å². The predicted molar refractivity (Wildman–Crippen MR) is 250 cm³/mol. The molecule has 65 heavy (non-hydrogen) atoms. The van der Waals surface area contributed by atoms with Crippen molar-refractivity contribution in [3.05, 3.63) is 75.7 Å². The van der Waals surface area contributed by atoms with Gasteiger partial charge in [-0.3, -0.25) is 19.2 Å². The Morgan fingerprint density at radius 1 is 0.954 bits per heavy atom. The Balaban J connectivity index is 1.63. The molecule has 6 rings (SSSR count). The number of benzene rings is 3. The third kappa shape index (κ3) is 8.93. The fourth-order valence-electron chi connectivity index (χ4n) is 8.31. The molecule has 0 unspecified atom stereocenters. The van der Waals surface area contributed by atoms with Crippen LogP contribution in [0.25, 0.3) is 33.0 Å². The molecule has 0 saturated carbocycles. The molecule has 4 bridgehead atoms. The van der Waals surface area contributed by atoms with Gasteiger partial charge in [-0.1, -0.05) is 72.8 Å². The minimum absolute atomic E-state index is 0.0128. The Bertz CT molecular complexity index is 2710. The molecule has 0 aliphatic carbocycles. The van der Waals surface area contributed by atoms with Gasteiger partial charge in [0.2, 0.25) is 0 Å². The minimum atomic E-state index is -2.47. The number of hydrogen-bond donors (Lipinski definition) is 4. The molecule has 0 spiro atoms. The summed E-state index contributed by atoms with van der Waals surface area (Å²) in [6.07, 6.45) is 3.62. The zero-order valence-electron chi connectivity index (χ0n) is 39.6. The number of ketones is 1. The Morgan fingerprint density at radius 3 is 2.26 bits per heavy atom. The van der Waals surface area contributed by atoms with Gasteiger partial charge in [0, 0.05) is 61.2 Å². The number of esters is 1. The number of aromatic hydroxyl groups is 1. The number of phenols is 1. The van der Waals surface area contributed by atoms with E-state index in [4.69, 9.17) is 32.8 Å². The van der Waals surface area contributed by atoms with Gasteiger partial charge in [0.25, 0.3) is 20.0 Å². The Morgan fingerprint density at radius 2 is 1.63 bits per heavy atom. The molecular formula is C49H62N2O13Si. The van der Waals surface area contributed by atoms with Crippen LogP contribution < -0.4 is 19.9 Å². The third-order valence-electron chi connectivity index (χ3n) is 13.5. The van der Waals surface area contributed by atoms with Crippen molar-refractivity contribution in [3.8, 4) is 17.2 Å². The van der Waals surface area contributed by atoms with E-state index in [0.717, 1.165) is 0 Å². The molecule has 16 heteroatoms. The number of phenolic OH excluding ortho intramolecular Hbond substituents is 1. The third-order valence-corrected chi connectivity index (χ3v) is 17.8. The largest absolute Gasteiger partial charge is 0.542 e. The maximum Gasteiger partial charge on any atom is 0.312 e. The maximum atomic E-state index is 14.9. The second-order valence-corrected chi connectivity index (χ2v) is 23.9. The number of anilines is 1. The number of ether oxygens (including phenoxy) is 4.